The second-order valence-electron chi connectivity index (χ2n) is 7.84. The zero-order valence-electron chi connectivity index (χ0n) is 16.2. The molecule has 27 heavy (non-hydrogen) atoms. The minimum atomic E-state index is 0.596. The smallest absolute Gasteiger partial charge is 0.199 e. The lowest BCUT2D eigenvalue weighted by Crippen LogP contribution is -2.46. The van der Waals surface area contributed by atoms with Gasteiger partial charge in [-0.3, -0.25) is 14.4 Å². The number of aryl methyl sites for hydroxylation is 1. The third-order valence-corrected chi connectivity index (χ3v) is 5.92. The molecule has 5 nitrogen and oxygen atoms in total. The summed E-state index contributed by atoms with van der Waals surface area (Å²) in [6, 6.07) is 8.83. The van der Waals surface area contributed by atoms with Crippen molar-refractivity contribution in [3.05, 3.63) is 58.6 Å². The first kappa shape index (κ1) is 18.6. The van der Waals surface area contributed by atoms with Gasteiger partial charge in [-0.2, -0.15) is 5.10 Å². The highest BCUT2D eigenvalue weighted by atomic mass is 32.1. The van der Waals surface area contributed by atoms with E-state index in [0.29, 0.717) is 5.92 Å². The quantitative estimate of drug-likeness (QED) is 0.540. The Kier molecular flexibility index (Phi) is 5.57. The molecule has 2 aromatic rings. The van der Waals surface area contributed by atoms with E-state index in [1.807, 2.05) is 10.8 Å². The Labute approximate surface area is 166 Å². The lowest BCUT2D eigenvalue weighted by atomic mass is 10.1. The normalized spacial score (nSPS) is 18.7. The summed E-state index contributed by atoms with van der Waals surface area (Å²) in [5, 5.41) is 4.85. The molecule has 1 aromatic carbocycles. The molecule has 1 aliphatic carbocycles. The molecule has 0 spiro atoms. The minimum Gasteiger partial charge on any atom is -0.300 e. The second kappa shape index (κ2) is 8.09. The van der Waals surface area contributed by atoms with E-state index in [4.69, 9.17) is 17.3 Å². The number of hydrogen-bond donors (Lipinski definition) is 0. The topological polar surface area (TPSA) is 29.2 Å². The first-order chi connectivity index (χ1) is 13.1. The lowest BCUT2D eigenvalue weighted by molar-refractivity contribution is 0.0979. The van der Waals surface area contributed by atoms with Gasteiger partial charge in [0.1, 0.15) is 5.82 Å². The highest BCUT2D eigenvalue weighted by Crippen LogP contribution is 2.39. The van der Waals surface area contributed by atoms with E-state index < -0.39 is 0 Å². The Morgan fingerprint density at radius 3 is 2.59 bits per heavy atom. The summed E-state index contributed by atoms with van der Waals surface area (Å²) in [5.74, 6) is 1.75. The maximum absolute atomic E-state index is 5.69. The van der Waals surface area contributed by atoms with Crippen LogP contribution in [0, 0.1) is 11.7 Å². The molecule has 2 fully saturated rings. The molecule has 1 aliphatic heterocycles. The standard InChI is InChI=1S/C21H29N5S/c1-3-9-25-20(19-7-8-19)22-26(21(25)27)16-24-12-10-23(11-13-24)15-18-6-4-5-17(2)14-18/h3-6,14,19H,1,7-13,15-16H2,2H3. The van der Waals surface area contributed by atoms with E-state index in [0.717, 1.165) is 56.5 Å². The van der Waals surface area contributed by atoms with Gasteiger partial charge in [-0.05, 0) is 37.5 Å². The van der Waals surface area contributed by atoms with Crippen LogP contribution in [0.15, 0.2) is 36.9 Å². The zero-order valence-corrected chi connectivity index (χ0v) is 17.0. The van der Waals surface area contributed by atoms with Gasteiger partial charge in [0.25, 0.3) is 0 Å². The number of rotatable bonds is 7. The Balaban J connectivity index is 1.36. The molecule has 2 heterocycles. The molecule has 0 radical (unpaired) electrons. The van der Waals surface area contributed by atoms with E-state index in [2.05, 4.69) is 52.1 Å². The van der Waals surface area contributed by atoms with Crippen LogP contribution in [0.3, 0.4) is 0 Å². The van der Waals surface area contributed by atoms with Crippen LogP contribution in [0.1, 0.15) is 35.7 Å². The molecule has 0 atom stereocenters. The summed E-state index contributed by atoms with van der Waals surface area (Å²) in [4.78, 5) is 5.00. The van der Waals surface area contributed by atoms with Crippen molar-refractivity contribution in [3.63, 3.8) is 0 Å². The van der Waals surface area contributed by atoms with Crippen molar-refractivity contribution in [3.8, 4) is 0 Å². The average Bonchev–Trinajstić information content (AvgIpc) is 3.45. The summed E-state index contributed by atoms with van der Waals surface area (Å²) in [6.45, 7) is 12.9. The van der Waals surface area contributed by atoms with Crippen LogP contribution >= 0.6 is 12.2 Å². The first-order valence-corrected chi connectivity index (χ1v) is 10.3. The van der Waals surface area contributed by atoms with Crippen molar-refractivity contribution < 1.29 is 0 Å². The van der Waals surface area contributed by atoms with Crippen molar-refractivity contribution >= 4 is 12.2 Å². The number of piperazine rings is 1. The van der Waals surface area contributed by atoms with Gasteiger partial charge in [0.2, 0.25) is 0 Å². The number of allylic oxidation sites excluding steroid dienone is 1. The fourth-order valence-electron chi connectivity index (χ4n) is 3.84. The molecule has 6 heteroatoms. The van der Waals surface area contributed by atoms with E-state index in [9.17, 15) is 0 Å². The Bertz CT molecular complexity index is 856. The molecular weight excluding hydrogens is 354 g/mol. The maximum atomic E-state index is 5.69. The lowest BCUT2D eigenvalue weighted by Gasteiger charge is -2.34. The Morgan fingerprint density at radius 1 is 1.19 bits per heavy atom. The third kappa shape index (κ3) is 4.39. The van der Waals surface area contributed by atoms with E-state index in [1.165, 1.54) is 24.0 Å². The van der Waals surface area contributed by atoms with Crippen molar-refractivity contribution in [1.29, 1.82) is 0 Å². The maximum Gasteiger partial charge on any atom is 0.199 e. The predicted octanol–water partition coefficient (Wildman–Crippen LogP) is 3.56. The summed E-state index contributed by atoms with van der Waals surface area (Å²) >= 11 is 5.69. The number of hydrogen-bond acceptors (Lipinski definition) is 4. The molecule has 144 valence electrons. The molecule has 1 saturated carbocycles. The monoisotopic (exact) mass is 383 g/mol. The SMILES string of the molecule is C=CCn1c(C2CC2)nn(CN2CCN(Cc3cccc(C)c3)CC2)c1=S. The number of nitrogens with zero attached hydrogens (tertiary/aromatic N) is 5. The van der Waals surface area contributed by atoms with Crippen LogP contribution < -0.4 is 0 Å². The second-order valence-corrected chi connectivity index (χ2v) is 8.20. The summed E-state index contributed by atoms with van der Waals surface area (Å²) in [5.41, 5.74) is 2.74. The Hall–Kier alpha value is -1.76. The molecule has 0 bridgehead atoms. The van der Waals surface area contributed by atoms with Gasteiger partial charge < -0.3 is 0 Å². The molecule has 1 saturated heterocycles. The van der Waals surface area contributed by atoms with Crippen LogP contribution in [0.25, 0.3) is 0 Å². The largest absolute Gasteiger partial charge is 0.300 e. The van der Waals surface area contributed by atoms with Gasteiger partial charge in [0.15, 0.2) is 4.77 Å². The molecular formula is C21H29N5S. The number of benzene rings is 1. The van der Waals surface area contributed by atoms with Crippen LogP contribution in [-0.4, -0.2) is 50.3 Å². The van der Waals surface area contributed by atoms with Gasteiger partial charge in [-0.15, -0.1) is 6.58 Å². The van der Waals surface area contributed by atoms with Crippen molar-refractivity contribution in [2.45, 2.75) is 45.4 Å². The van der Waals surface area contributed by atoms with E-state index >= 15 is 0 Å². The van der Waals surface area contributed by atoms with Crippen LogP contribution in [0.4, 0.5) is 0 Å². The molecule has 0 N–H and O–H groups in total. The van der Waals surface area contributed by atoms with Crippen LogP contribution in [0.5, 0.6) is 0 Å². The fraction of sp³-hybridized carbons (Fsp3) is 0.524. The Morgan fingerprint density at radius 2 is 1.93 bits per heavy atom. The molecule has 2 aliphatic rings. The van der Waals surface area contributed by atoms with Crippen LogP contribution in [0.2, 0.25) is 0 Å². The van der Waals surface area contributed by atoms with Crippen molar-refractivity contribution in [2.24, 2.45) is 0 Å². The van der Waals surface area contributed by atoms with E-state index in [-0.39, 0.29) is 0 Å². The summed E-state index contributed by atoms with van der Waals surface area (Å²) < 4.78 is 5.01. The van der Waals surface area contributed by atoms with Gasteiger partial charge in [0.05, 0.1) is 6.67 Å². The average molecular weight is 384 g/mol. The highest BCUT2D eigenvalue weighted by Gasteiger charge is 2.30. The first-order valence-electron chi connectivity index (χ1n) is 9.92. The minimum absolute atomic E-state index is 0.596. The van der Waals surface area contributed by atoms with Crippen molar-refractivity contribution in [2.75, 3.05) is 26.2 Å². The fourth-order valence-corrected chi connectivity index (χ4v) is 4.11. The number of aromatic nitrogens is 3. The van der Waals surface area contributed by atoms with Crippen molar-refractivity contribution in [1.82, 2.24) is 24.1 Å². The van der Waals surface area contributed by atoms with Crippen LogP contribution in [-0.2, 0) is 19.8 Å². The molecule has 4 rings (SSSR count). The predicted molar refractivity (Wildman–Crippen MR) is 111 cm³/mol. The van der Waals surface area contributed by atoms with Gasteiger partial charge in [-0.1, -0.05) is 35.9 Å². The summed E-state index contributed by atoms with van der Waals surface area (Å²) in [6.07, 6.45) is 4.39. The highest BCUT2D eigenvalue weighted by molar-refractivity contribution is 7.71. The molecule has 1 aromatic heterocycles. The third-order valence-electron chi connectivity index (χ3n) is 5.49. The van der Waals surface area contributed by atoms with E-state index in [1.54, 1.807) is 0 Å². The van der Waals surface area contributed by atoms with Gasteiger partial charge in [-0.25, -0.2) is 4.68 Å². The van der Waals surface area contributed by atoms with Gasteiger partial charge >= 0.3 is 0 Å². The molecule has 0 amide bonds. The van der Waals surface area contributed by atoms with Gasteiger partial charge in [0, 0.05) is 45.2 Å². The molecule has 0 unspecified atom stereocenters. The zero-order chi connectivity index (χ0) is 18.8. The summed E-state index contributed by atoms with van der Waals surface area (Å²) in [7, 11) is 0.